The molecule has 74 valence electrons. The van der Waals surface area contributed by atoms with Gasteiger partial charge in [-0.3, -0.25) is 0 Å². The molecule has 0 fully saturated rings. The van der Waals surface area contributed by atoms with E-state index in [4.69, 9.17) is 5.73 Å². The maximum atomic E-state index is 12.9. The van der Waals surface area contributed by atoms with E-state index in [-0.39, 0.29) is 11.5 Å². The van der Waals surface area contributed by atoms with E-state index < -0.39 is 0 Å². The van der Waals surface area contributed by atoms with Crippen LogP contribution in [0.25, 0.3) is 0 Å². The molecule has 0 aromatic rings. The van der Waals surface area contributed by atoms with Gasteiger partial charge in [0.1, 0.15) is 5.83 Å². The number of hydrogen-bond acceptors (Lipinski definition) is 1. The molecule has 0 aromatic heterocycles. The van der Waals surface area contributed by atoms with Crippen LogP contribution in [0.15, 0.2) is 60.1 Å². The van der Waals surface area contributed by atoms with Gasteiger partial charge in [0, 0.05) is 6.42 Å². The third-order valence-electron chi connectivity index (χ3n) is 2.10. The fourth-order valence-corrected chi connectivity index (χ4v) is 1.27. The Bertz CT molecular complexity index is 345. The molecule has 0 amide bonds. The van der Waals surface area contributed by atoms with Crippen molar-refractivity contribution in [3.8, 4) is 0 Å². The molecular formula is C12H14FN. The summed E-state index contributed by atoms with van der Waals surface area (Å²) in [5.41, 5.74) is 7.55. The van der Waals surface area contributed by atoms with Crippen molar-refractivity contribution in [1.29, 1.82) is 0 Å². The molecule has 0 spiro atoms. The van der Waals surface area contributed by atoms with E-state index in [1.165, 1.54) is 0 Å². The number of nitrogens with two attached hydrogens (primary N) is 1. The van der Waals surface area contributed by atoms with E-state index in [2.05, 4.69) is 13.2 Å². The topological polar surface area (TPSA) is 26.0 Å². The first kappa shape index (κ1) is 10.5. The molecule has 0 atom stereocenters. The van der Waals surface area contributed by atoms with E-state index in [0.717, 1.165) is 11.1 Å². The lowest BCUT2D eigenvalue weighted by Gasteiger charge is -2.13. The summed E-state index contributed by atoms with van der Waals surface area (Å²) in [4.78, 5) is 0. The third kappa shape index (κ3) is 2.46. The van der Waals surface area contributed by atoms with Crippen molar-refractivity contribution in [3.05, 3.63) is 60.1 Å². The fraction of sp³-hybridized carbons (Fsp3) is 0.167. The van der Waals surface area contributed by atoms with E-state index in [1.54, 1.807) is 18.2 Å². The predicted molar refractivity (Wildman–Crippen MR) is 58.1 cm³/mol. The van der Waals surface area contributed by atoms with E-state index >= 15 is 0 Å². The van der Waals surface area contributed by atoms with Gasteiger partial charge in [0.2, 0.25) is 0 Å². The maximum absolute atomic E-state index is 12.9. The Kier molecular flexibility index (Phi) is 3.46. The summed E-state index contributed by atoms with van der Waals surface area (Å²) in [7, 11) is 0. The zero-order chi connectivity index (χ0) is 10.6. The standard InChI is InChI=1S/C12H14FN/c1-3-4-5-9(2)10-6-7-11(13)12(14)8-10/h3-5,8H,1-2,6-7,14H2/b5-4-. The fourth-order valence-electron chi connectivity index (χ4n) is 1.27. The van der Waals surface area contributed by atoms with Crippen LogP contribution in [0.3, 0.4) is 0 Å². The minimum absolute atomic E-state index is 0.222. The van der Waals surface area contributed by atoms with Crippen LogP contribution in [0.5, 0.6) is 0 Å². The van der Waals surface area contributed by atoms with Crippen LogP contribution in [0.1, 0.15) is 12.8 Å². The van der Waals surface area contributed by atoms with Gasteiger partial charge in [0.15, 0.2) is 0 Å². The molecule has 0 aliphatic heterocycles. The summed E-state index contributed by atoms with van der Waals surface area (Å²) in [6, 6.07) is 0. The van der Waals surface area contributed by atoms with Crippen LogP contribution in [0.2, 0.25) is 0 Å². The van der Waals surface area contributed by atoms with Crippen molar-refractivity contribution in [1.82, 2.24) is 0 Å². The molecule has 0 saturated heterocycles. The summed E-state index contributed by atoms with van der Waals surface area (Å²) in [5.74, 6) is -0.228. The molecule has 0 radical (unpaired) electrons. The number of hydrogen-bond donors (Lipinski definition) is 1. The molecule has 2 heteroatoms. The van der Waals surface area contributed by atoms with Crippen LogP contribution >= 0.6 is 0 Å². The lowest BCUT2D eigenvalue weighted by atomic mass is 9.96. The lowest BCUT2D eigenvalue weighted by Crippen LogP contribution is -2.04. The number of allylic oxidation sites excluding steroid dienone is 7. The highest BCUT2D eigenvalue weighted by atomic mass is 19.1. The first-order valence-corrected chi connectivity index (χ1v) is 4.48. The molecule has 1 nitrogen and oxygen atoms in total. The van der Waals surface area contributed by atoms with Crippen molar-refractivity contribution in [2.45, 2.75) is 12.8 Å². The smallest absolute Gasteiger partial charge is 0.123 e. The van der Waals surface area contributed by atoms with Crippen molar-refractivity contribution < 1.29 is 4.39 Å². The van der Waals surface area contributed by atoms with Gasteiger partial charge >= 0.3 is 0 Å². The Labute approximate surface area is 83.8 Å². The summed E-state index contributed by atoms with van der Waals surface area (Å²) in [6.45, 7) is 7.44. The largest absolute Gasteiger partial charge is 0.397 e. The molecule has 1 aliphatic carbocycles. The van der Waals surface area contributed by atoms with Gasteiger partial charge in [-0.15, -0.1) is 0 Å². The van der Waals surface area contributed by atoms with Crippen LogP contribution in [0.4, 0.5) is 4.39 Å². The number of rotatable bonds is 3. The van der Waals surface area contributed by atoms with Crippen LogP contribution in [-0.2, 0) is 0 Å². The Balaban J connectivity index is 2.81. The van der Waals surface area contributed by atoms with Gasteiger partial charge in [-0.25, -0.2) is 4.39 Å². The average Bonchev–Trinajstić information content (AvgIpc) is 2.18. The quantitative estimate of drug-likeness (QED) is 0.681. The second kappa shape index (κ2) is 4.61. The zero-order valence-electron chi connectivity index (χ0n) is 8.09. The molecular weight excluding hydrogens is 177 g/mol. The molecule has 0 bridgehead atoms. The maximum Gasteiger partial charge on any atom is 0.123 e. The minimum Gasteiger partial charge on any atom is -0.397 e. The molecule has 0 unspecified atom stereocenters. The van der Waals surface area contributed by atoms with Gasteiger partial charge in [0.05, 0.1) is 5.70 Å². The van der Waals surface area contributed by atoms with E-state index in [0.29, 0.717) is 12.8 Å². The Hall–Kier alpha value is -1.57. The van der Waals surface area contributed by atoms with Gasteiger partial charge in [0.25, 0.3) is 0 Å². The Morgan fingerprint density at radius 1 is 1.50 bits per heavy atom. The van der Waals surface area contributed by atoms with Crippen molar-refractivity contribution in [2.24, 2.45) is 5.73 Å². The van der Waals surface area contributed by atoms with Gasteiger partial charge < -0.3 is 5.73 Å². The third-order valence-corrected chi connectivity index (χ3v) is 2.10. The second-order valence-electron chi connectivity index (χ2n) is 3.15. The highest BCUT2D eigenvalue weighted by Crippen LogP contribution is 2.26. The highest BCUT2D eigenvalue weighted by molar-refractivity contribution is 5.44. The van der Waals surface area contributed by atoms with E-state index in [9.17, 15) is 4.39 Å². The van der Waals surface area contributed by atoms with Crippen molar-refractivity contribution in [3.63, 3.8) is 0 Å². The summed E-state index contributed by atoms with van der Waals surface area (Å²) >= 11 is 0. The summed E-state index contributed by atoms with van der Waals surface area (Å²) < 4.78 is 12.9. The van der Waals surface area contributed by atoms with Crippen LogP contribution < -0.4 is 5.73 Å². The average molecular weight is 191 g/mol. The molecule has 1 aliphatic rings. The monoisotopic (exact) mass is 191 g/mol. The Morgan fingerprint density at radius 2 is 2.21 bits per heavy atom. The molecule has 14 heavy (non-hydrogen) atoms. The Morgan fingerprint density at radius 3 is 2.79 bits per heavy atom. The molecule has 2 N–H and O–H groups in total. The van der Waals surface area contributed by atoms with E-state index in [1.807, 2.05) is 6.08 Å². The SMILES string of the molecule is C=C/C=C\C(=C)C1=CC(N)=C(F)CC1. The molecule has 1 rings (SSSR count). The van der Waals surface area contributed by atoms with Crippen LogP contribution in [-0.4, -0.2) is 0 Å². The number of halogens is 1. The van der Waals surface area contributed by atoms with Gasteiger partial charge in [-0.1, -0.05) is 31.4 Å². The van der Waals surface area contributed by atoms with Crippen molar-refractivity contribution in [2.75, 3.05) is 0 Å². The predicted octanol–water partition coefficient (Wildman–Crippen LogP) is 3.14. The molecule has 0 aromatic carbocycles. The highest BCUT2D eigenvalue weighted by Gasteiger charge is 2.11. The summed E-state index contributed by atoms with van der Waals surface area (Å²) in [5, 5.41) is 0. The molecule has 0 saturated carbocycles. The van der Waals surface area contributed by atoms with Gasteiger partial charge in [-0.2, -0.15) is 0 Å². The normalized spacial score (nSPS) is 17.1. The lowest BCUT2D eigenvalue weighted by molar-refractivity contribution is 0.571. The first-order valence-electron chi connectivity index (χ1n) is 4.48. The van der Waals surface area contributed by atoms with Crippen LogP contribution in [0, 0.1) is 0 Å². The molecule has 0 heterocycles. The first-order chi connectivity index (χ1) is 6.65. The second-order valence-corrected chi connectivity index (χ2v) is 3.15. The van der Waals surface area contributed by atoms with Crippen molar-refractivity contribution >= 4 is 0 Å². The minimum atomic E-state index is -0.228. The summed E-state index contributed by atoms with van der Waals surface area (Å²) in [6.07, 6.45) is 8.00. The zero-order valence-corrected chi connectivity index (χ0v) is 8.09. The van der Waals surface area contributed by atoms with Gasteiger partial charge in [-0.05, 0) is 23.6 Å².